The highest BCUT2D eigenvalue weighted by Gasteiger charge is 2.23. The second-order valence-corrected chi connectivity index (χ2v) is 7.68. The molecule has 2 aromatic carbocycles. The number of nitrogens with zero attached hydrogens (tertiary/aromatic N) is 2. The van der Waals surface area contributed by atoms with E-state index < -0.39 is 0 Å². The largest absolute Gasteiger partial charge is 0.312 e. The normalized spacial score (nSPS) is 13.8. The Kier molecular flexibility index (Phi) is 5.21. The van der Waals surface area contributed by atoms with Gasteiger partial charge in [0.15, 0.2) is 0 Å². The van der Waals surface area contributed by atoms with Crippen molar-refractivity contribution in [1.29, 1.82) is 0 Å². The number of halogens is 1. The summed E-state index contributed by atoms with van der Waals surface area (Å²) in [5.74, 6) is -0.393. The van der Waals surface area contributed by atoms with Crippen molar-refractivity contribution in [2.24, 2.45) is 0 Å². The predicted octanol–water partition coefficient (Wildman–Crippen LogP) is 4.86. The second kappa shape index (κ2) is 7.94. The first-order valence-electron chi connectivity index (χ1n) is 9.12. The highest BCUT2D eigenvalue weighted by molar-refractivity contribution is 7.09. The predicted molar refractivity (Wildman–Crippen MR) is 109 cm³/mol. The van der Waals surface area contributed by atoms with E-state index in [0.717, 1.165) is 17.0 Å². The molecule has 0 saturated carbocycles. The Morgan fingerprint density at radius 1 is 1.07 bits per heavy atom. The van der Waals surface area contributed by atoms with Crippen LogP contribution in [0, 0.1) is 5.82 Å². The number of thiophene rings is 1. The van der Waals surface area contributed by atoms with Crippen LogP contribution in [-0.4, -0.2) is 18.4 Å². The van der Waals surface area contributed by atoms with Crippen LogP contribution in [0.5, 0.6) is 0 Å². The highest BCUT2D eigenvalue weighted by Crippen LogP contribution is 2.25. The molecule has 1 aliphatic heterocycles. The van der Waals surface area contributed by atoms with Gasteiger partial charge >= 0.3 is 0 Å². The lowest BCUT2D eigenvalue weighted by Crippen LogP contribution is -2.30. The third kappa shape index (κ3) is 3.82. The van der Waals surface area contributed by atoms with E-state index >= 15 is 0 Å². The van der Waals surface area contributed by atoms with Crippen molar-refractivity contribution >= 4 is 34.5 Å². The zero-order valence-electron chi connectivity index (χ0n) is 15.2. The van der Waals surface area contributed by atoms with Crippen molar-refractivity contribution in [2.45, 2.75) is 19.4 Å². The molecule has 1 fully saturated rings. The van der Waals surface area contributed by atoms with E-state index in [1.165, 1.54) is 12.1 Å². The van der Waals surface area contributed by atoms with Crippen LogP contribution in [-0.2, 0) is 11.3 Å². The molecule has 1 aromatic heterocycles. The van der Waals surface area contributed by atoms with Gasteiger partial charge in [0, 0.05) is 34.8 Å². The van der Waals surface area contributed by atoms with Crippen LogP contribution in [0.15, 0.2) is 66.0 Å². The van der Waals surface area contributed by atoms with Gasteiger partial charge in [-0.05, 0) is 66.4 Å². The number of rotatable bonds is 5. The SMILES string of the molecule is O=C1CCCN1c1ccc(C(=O)N(Cc2cccs2)c2ccc(F)cc2)cc1. The van der Waals surface area contributed by atoms with Crippen molar-refractivity contribution in [3.8, 4) is 0 Å². The number of amides is 2. The number of hydrogen-bond donors (Lipinski definition) is 0. The maximum atomic E-state index is 13.3. The van der Waals surface area contributed by atoms with E-state index in [1.54, 1.807) is 45.4 Å². The van der Waals surface area contributed by atoms with Gasteiger partial charge in [-0.2, -0.15) is 0 Å². The molecule has 2 amide bonds. The van der Waals surface area contributed by atoms with Crippen molar-refractivity contribution in [3.05, 3.63) is 82.3 Å². The monoisotopic (exact) mass is 394 g/mol. The molecule has 4 rings (SSSR count). The van der Waals surface area contributed by atoms with Crippen LogP contribution in [0.2, 0.25) is 0 Å². The maximum absolute atomic E-state index is 13.3. The van der Waals surface area contributed by atoms with Crippen molar-refractivity contribution in [1.82, 2.24) is 0 Å². The summed E-state index contributed by atoms with van der Waals surface area (Å²) in [6.45, 7) is 1.13. The summed E-state index contributed by atoms with van der Waals surface area (Å²) in [5.41, 5.74) is 1.97. The fraction of sp³-hybridized carbons (Fsp3) is 0.182. The lowest BCUT2D eigenvalue weighted by atomic mass is 10.1. The van der Waals surface area contributed by atoms with Crippen LogP contribution >= 0.6 is 11.3 Å². The van der Waals surface area contributed by atoms with Crippen LogP contribution in [0.25, 0.3) is 0 Å². The molecule has 0 N–H and O–H groups in total. The first kappa shape index (κ1) is 18.4. The Bertz CT molecular complexity index is 969. The minimum atomic E-state index is -0.341. The highest BCUT2D eigenvalue weighted by atomic mass is 32.1. The van der Waals surface area contributed by atoms with Crippen molar-refractivity contribution in [2.75, 3.05) is 16.3 Å². The van der Waals surface area contributed by atoms with Crippen LogP contribution < -0.4 is 9.80 Å². The average Bonchev–Trinajstić information content (AvgIpc) is 3.38. The molecule has 6 heteroatoms. The summed E-state index contributed by atoms with van der Waals surface area (Å²) in [4.78, 5) is 29.5. The molecule has 3 aromatic rings. The maximum Gasteiger partial charge on any atom is 0.258 e. The molecule has 28 heavy (non-hydrogen) atoms. The van der Waals surface area contributed by atoms with Crippen molar-refractivity contribution < 1.29 is 14.0 Å². The molecule has 1 saturated heterocycles. The molecule has 2 heterocycles. The number of hydrogen-bond acceptors (Lipinski definition) is 3. The molecule has 142 valence electrons. The summed E-state index contributed by atoms with van der Waals surface area (Å²) in [6.07, 6.45) is 1.43. The third-order valence-corrected chi connectivity index (χ3v) is 5.64. The fourth-order valence-electron chi connectivity index (χ4n) is 3.32. The number of anilines is 2. The summed E-state index contributed by atoms with van der Waals surface area (Å²) in [6, 6.07) is 16.9. The number of carbonyl (C=O) groups excluding carboxylic acids is 2. The lowest BCUT2D eigenvalue weighted by molar-refractivity contribution is -0.117. The van der Waals surface area contributed by atoms with Gasteiger partial charge in [-0.1, -0.05) is 6.07 Å². The molecule has 0 bridgehead atoms. The Hall–Kier alpha value is -2.99. The molecule has 4 nitrogen and oxygen atoms in total. The Labute approximate surface area is 166 Å². The topological polar surface area (TPSA) is 40.6 Å². The Balaban J connectivity index is 1.61. The summed E-state index contributed by atoms with van der Waals surface area (Å²) in [7, 11) is 0. The minimum absolute atomic E-state index is 0.115. The minimum Gasteiger partial charge on any atom is -0.312 e. The zero-order chi connectivity index (χ0) is 19.5. The molecular formula is C22H19FN2O2S. The third-order valence-electron chi connectivity index (χ3n) is 4.78. The van der Waals surface area contributed by atoms with Crippen LogP contribution in [0.3, 0.4) is 0 Å². The quantitative estimate of drug-likeness (QED) is 0.620. The van der Waals surface area contributed by atoms with Crippen molar-refractivity contribution in [3.63, 3.8) is 0 Å². The Morgan fingerprint density at radius 3 is 2.43 bits per heavy atom. The van der Waals surface area contributed by atoms with Crippen LogP contribution in [0.1, 0.15) is 28.1 Å². The van der Waals surface area contributed by atoms with E-state index in [1.807, 2.05) is 29.6 Å². The summed E-state index contributed by atoms with van der Waals surface area (Å²) >= 11 is 1.57. The fourth-order valence-corrected chi connectivity index (χ4v) is 4.01. The lowest BCUT2D eigenvalue weighted by Gasteiger charge is -2.23. The number of carbonyl (C=O) groups is 2. The first-order chi connectivity index (χ1) is 13.6. The van der Waals surface area contributed by atoms with E-state index in [4.69, 9.17) is 0 Å². The van der Waals surface area contributed by atoms with E-state index in [9.17, 15) is 14.0 Å². The second-order valence-electron chi connectivity index (χ2n) is 6.64. The first-order valence-corrected chi connectivity index (χ1v) is 10.00. The zero-order valence-corrected chi connectivity index (χ0v) is 16.0. The van der Waals surface area contributed by atoms with E-state index in [0.29, 0.717) is 30.8 Å². The molecule has 0 unspecified atom stereocenters. The summed E-state index contributed by atoms with van der Waals surface area (Å²) < 4.78 is 13.3. The molecule has 0 radical (unpaired) electrons. The Morgan fingerprint density at radius 2 is 1.82 bits per heavy atom. The van der Waals surface area contributed by atoms with E-state index in [-0.39, 0.29) is 17.6 Å². The summed E-state index contributed by atoms with van der Waals surface area (Å²) in [5, 5.41) is 1.96. The van der Waals surface area contributed by atoms with Gasteiger partial charge < -0.3 is 9.80 Å². The molecular weight excluding hydrogens is 375 g/mol. The average molecular weight is 394 g/mol. The van der Waals surface area contributed by atoms with E-state index in [2.05, 4.69) is 0 Å². The molecule has 0 spiro atoms. The molecule has 0 atom stereocenters. The smallest absolute Gasteiger partial charge is 0.258 e. The number of benzene rings is 2. The molecule has 0 aliphatic carbocycles. The standard InChI is InChI=1S/C22H19FN2O2S/c23-17-7-11-19(12-8-17)25(15-20-3-2-14-28-20)22(27)16-5-9-18(10-6-16)24-13-1-4-21(24)26/h2-3,5-12,14H,1,4,13,15H2. The van der Waals surface area contributed by atoms with Gasteiger partial charge in [0.25, 0.3) is 5.91 Å². The van der Waals surface area contributed by atoms with Gasteiger partial charge in [0.05, 0.1) is 6.54 Å². The van der Waals surface area contributed by atoms with Gasteiger partial charge in [0.2, 0.25) is 5.91 Å². The van der Waals surface area contributed by atoms with Gasteiger partial charge in [-0.15, -0.1) is 11.3 Å². The van der Waals surface area contributed by atoms with Gasteiger partial charge in [0.1, 0.15) is 5.82 Å². The van der Waals surface area contributed by atoms with Crippen LogP contribution in [0.4, 0.5) is 15.8 Å². The van der Waals surface area contributed by atoms with Gasteiger partial charge in [-0.3, -0.25) is 9.59 Å². The molecule has 1 aliphatic rings. The van der Waals surface area contributed by atoms with Gasteiger partial charge in [-0.25, -0.2) is 4.39 Å².